The van der Waals surface area contributed by atoms with Crippen LogP contribution in [0.25, 0.3) is 0 Å². The third kappa shape index (κ3) is 2.19. The lowest BCUT2D eigenvalue weighted by molar-refractivity contribution is -0.110. The maximum atomic E-state index is 11.1. The summed E-state index contributed by atoms with van der Waals surface area (Å²) in [4.78, 5) is 11.1. The molecule has 1 aliphatic carbocycles. The van der Waals surface area contributed by atoms with Gasteiger partial charge >= 0.3 is 0 Å². The van der Waals surface area contributed by atoms with Crippen molar-refractivity contribution in [3.63, 3.8) is 0 Å². The lowest BCUT2D eigenvalue weighted by Crippen LogP contribution is -2.21. The normalized spacial score (nSPS) is 18.3. The molecule has 1 nitrogen and oxygen atoms in total. The Morgan fingerprint density at radius 2 is 2.07 bits per heavy atom. The van der Waals surface area contributed by atoms with Crippen LogP contribution in [0, 0.1) is 5.92 Å². The van der Waals surface area contributed by atoms with Gasteiger partial charge in [0, 0.05) is 16.0 Å². The lowest BCUT2D eigenvalue weighted by atomic mass is 9.74. The zero-order valence-electron chi connectivity index (χ0n) is 8.25. The molecular weight excluding hydrogens is 231 g/mol. The van der Waals surface area contributed by atoms with E-state index in [0.29, 0.717) is 16.0 Å². The Morgan fingerprint density at radius 1 is 1.33 bits per heavy atom. The van der Waals surface area contributed by atoms with Crippen LogP contribution < -0.4 is 0 Å². The molecule has 0 saturated heterocycles. The first kappa shape index (κ1) is 11.0. The van der Waals surface area contributed by atoms with Crippen LogP contribution in [-0.2, 0) is 4.79 Å². The van der Waals surface area contributed by atoms with Crippen molar-refractivity contribution in [1.82, 2.24) is 0 Å². The van der Waals surface area contributed by atoms with E-state index < -0.39 is 0 Å². The molecule has 0 amide bonds. The van der Waals surface area contributed by atoms with Crippen molar-refractivity contribution in [2.45, 2.75) is 25.2 Å². The number of carbonyl (C=O) groups is 1. The van der Waals surface area contributed by atoms with Gasteiger partial charge in [-0.15, -0.1) is 0 Å². The highest BCUT2D eigenvalue weighted by molar-refractivity contribution is 6.35. The molecule has 0 bridgehead atoms. The SMILES string of the molecule is O=CC(c1ccc(Cl)cc1Cl)C1CCC1. The van der Waals surface area contributed by atoms with Crippen molar-refractivity contribution < 1.29 is 4.79 Å². The second-order valence-corrected chi connectivity index (χ2v) is 4.86. The molecule has 1 aromatic carbocycles. The summed E-state index contributed by atoms with van der Waals surface area (Å²) in [6, 6.07) is 5.35. The molecule has 1 saturated carbocycles. The number of halogens is 2. The standard InChI is InChI=1S/C12H12Cl2O/c13-9-4-5-10(12(14)6-9)11(7-15)8-2-1-3-8/h4-8,11H,1-3H2. The Labute approximate surface area is 99.4 Å². The minimum Gasteiger partial charge on any atom is -0.303 e. The van der Waals surface area contributed by atoms with Gasteiger partial charge in [-0.05, 0) is 36.5 Å². The topological polar surface area (TPSA) is 17.1 Å². The fraction of sp³-hybridized carbons (Fsp3) is 0.417. The van der Waals surface area contributed by atoms with Crippen molar-refractivity contribution in [3.05, 3.63) is 33.8 Å². The van der Waals surface area contributed by atoms with E-state index in [1.165, 1.54) is 6.42 Å². The molecule has 15 heavy (non-hydrogen) atoms. The Morgan fingerprint density at radius 3 is 2.53 bits per heavy atom. The molecule has 2 rings (SSSR count). The molecule has 1 aromatic rings. The van der Waals surface area contributed by atoms with Crippen molar-refractivity contribution in [2.75, 3.05) is 0 Å². The highest BCUT2D eigenvalue weighted by Crippen LogP contribution is 2.40. The van der Waals surface area contributed by atoms with Gasteiger partial charge in [0.15, 0.2) is 0 Å². The van der Waals surface area contributed by atoms with E-state index in [1.807, 2.05) is 6.07 Å². The van der Waals surface area contributed by atoms with Crippen LogP contribution in [0.4, 0.5) is 0 Å². The first-order valence-corrected chi connectivity index (χ1v) is 5.88. The lowest BCUT2D eigenvalue weighted by Gasteiger charge is -2.31. The average Bonchev–Trinajstić information content (AvgIpc) is 2.12. The predicted octanol–water partition coefficient (Wildman–Crippen LogP) is 4.08. The summed E-state index contributed by atoms with van der Waals surface area (Å²) in [5.74, 6) is 0.421. The second-order valence-electron chi connectivity index (χ2n) is 4.02. The number of hydrogen-bond donors (Lipinski definition) is 0. The summed E-state index contributed by atoms with van der Waals surface area (Å²) in [7, 11) is 0. The molecule has 0 heterocycles. The summed E-state index contributed by atoms with van der Waals surface area (Å²) >= 11 is 11.9. The Hall–Kier alpha value is -0.530. The van der Waals surface area contributed by atoms with Gasteiger partial charge in [-0.3, -0.25) is 0 Å². The molecule has 0 radical (unpaired) electrons. The van der Waals surface area contributed by atoms with Crippen molar-refractivity contribution in [2.24, 2.45) is 5.92 Å². The van der Waals surface area contributed by atoms with E-state index in [2.05, 4.69) is 0 Å². The van der Waals surface area contributed by atoms with Gasteiger partial charge in [-0.25, -0.2) is 0 Å². The number of aldehydes is 1. The first-order valence-electron chi connectivity index (χ1n) is 5.12. The smallest absolute Gasteiger partial charge is 0.127 e. The number of hydrogen-bond acceptors (Lipinski definition) is 1. The van der Waals surface area contributed by atoms with E-state index in [9.17, 15) is 4.79 Å². The minimum absolute atomic E-state index is 0.0523. The van der Waals surface area contributed by atoms with Crippen molar-refractivity contribution in [3.8, 4) is 0 Å². The quantitative estimate of drug-likeness (QED) is 0.731. The van der Waals surface area contributed by atoms with Crippen LogP contribution in [0.2, 0.25) is 10.0 Å². The molecule has 1 aliphatic rings. The summed E-state index contributed by atoms with van der Waals surface area (Å²) in [5, 5.41) is 1.22. The van der Waals surface area contributed by atoms with Gasteiger partial charge in [0.05, 0.1) is 0 Å². The van der Waals surface area contributed by atoms with E-state index >= 15 is 0 Å². The van der Waals surface area contributed by atoms with E-state index in [0.717, 1.165) is 24.7 Å². The van der Waals surface area contributed by atoms with Gasteiger partial charge < -0.3 is 4.79 Å². The first-order chi connectivity index (χ1) is 7.22. The fourth-order valence-electron chi connectivity index (χ4n) is 2.01. The third-order valence-corrected chi connectivity index (χ3v) is 3.69. The fourth-order valence-corrected chi connectivity index (χ4v) is 2.54. The van der Waals surface area contributed by atoms with Gasteiger partial charge in [-0.2, -0.15) is 0 Å². The minimum atomic E-state index is -0.0523. The van der Waals surface area contributed by atoms with Crippen molar-refractivity contribution >= 4 is 29.5 Å². The highest BCUT2D eigenvalue weighted by Gasteiger charge is 2.29. The number of rotatable bonds is 3. The predicted molar refractivity (Wildman–Crippen MR) is 62.6 cm³/mol. The van der Waals surface area contributed by atoms with Crippen LogP contribution in [-0.4, -0.2) is 6.29 Å². The molecule has 80 valence electrons. The van der Waals surface area contributed by atoms with Crippen LogP contribution in [0.5, 0.6) is 0 Å². The summed E-state index contributed by atoms with van der Waals surface area (Å²) in [6.07, 6.45) is 4.49. The van der Waals surface area contributed by atoms with Crippen LogP contribution >= 0.6 is 23.2 Å². The Kier molecular flexibility index (Phi) is 3.32. The van der Waals surface area contributed by atoms with Crippen LogP contribution in [0.1, 0.15) is 30.7 Å². The van der Waals surface area contributed by atoms with E-state index in [4.69, 9.17) is 23.2 Å². The van der Waals surface area contributed by atoms with Crippen molar-refractivity contribution in [1.29, 1.82) is 0 Å². The van der Waals surface area contributed by atoms with Crippen LogP contribution in [0.3, 0.4) is 0 Å². The highest BCUT2D eigenvalue weighted by atomic mass is 35.5. The zero-order valence-corrected chi connectivity index (χ0v) is 9.76. The van der Waals surface area contributed by atoms with Gasteiger partial charge in [0.1, 0.15) is 6.29 Å². The van der Waals surface area contributed by atoms with E-state index in [-0.39, 0.29) is 5.92 Å². The van der Waals surface area contributed by atoms with E-state index in [1.54, 1.807) is 12.1 Å². The molecule has 1 fully saturated rings. The molecule has 0 aliphatic heterocycles. The third-order valence-electron chi connectivity index (χ3n) is 3.13. The molecule has 1 unspecified atom stereocenters. The van der Waals surface area contributed by atoms with Crippen LogP contribution in [0.15, 0.2) is 18.2 Å². The molecular formula is C12H12Cl2O. The summed E-state index contributed by atoms with van der Waals surface area (Å²) in [6.45, 7) is 0. The largest absolute Gasteiger partial charge is 0.303 e. The van der Waals surface area contributed by atoms with Gasteiger partial charge in [0.2, 0.25) is 0 Å². The maximum Gasteiger partial charge on any atom is 0.127 e. The Balaban J connectivity index is 2.29. The molecule has 3 heteroatoms. The molecule has 0 aromatic heterocycles. The number of benzene rings is 1. The maximum absolute atomic E-state index is 11.1. The monoisotopic (exact) mass is 242 g/mol. The second kappa shape index (κ2) is 4.54. The molecule has 0 N–H and O–H groups in total. The molecule has 1 atom stereocenters. The number of carbonyl (C=O) groups excluding carboxylic acids is 1. The average molecular weight is 243 g/mol. The zero-order chi connectivity index (χ0) is 10.8. The van der Waals surface area contributed by atoms with Gasteiger partial charge in [0.25, 0.3) is 0 Å². The summed E-state index contributed by atoms with van der Waals surface area (Å²) < 4.78 is 0. The molecule has 0 spiro atoms. The van der Waals surface area contributed by atoms with Gasteiger partial charge in [-0.1, -0.05) is 35.7 Å². The Bertz CT molecular complexity index is 372. The summed E-state index contributed by atoms with van der Waals surface area (Å²) in [5.41, 5.74) is 0.917.